The molecule has 0 fully saturated rings. The van der Waals surface area contributed by atoms with Crippen LogP contribution in [0, 0.1) is 0 Å². The van der Waals surface area contributed by atoms with E-state index < -0.39 is 0 Å². The maximum atomic E-state index is 11.2. The molecule has 0 saturated carbocycles. The number of carbonyl (C=O) groups is 1. The number of pyridine rings is 1. The molecule has 0 bridgehead atoms. The van der Waals surface area contributed by atoms with Crippen molar-refractivity contribution in [2.45, 2.75) is 19.4 Å². The molecular formula is C10H14N2O2. The van der Waals surface area contributed by atoms with Gasteiger partial charge in [-0.2, -0.15) is 0 Å². The Bertz CT molecular complexity index is 326. The van der Waals surface area contributed by atoms with E-state index in [4.69, 9.17) is 5.73 Å². The minimum Gasteiger partial charge on any atom is -0.465 e. The minimum atomic E-state index is -0.364. The Morgan fingerprint density at radius 3 is 3.00 bits per heavy atom. The molecule has 0 radical (unpaired) electrons. The second-order valence-corrected chi connectivity index (χ2v) is 2.98. The molecule has 0 unspecified atom stereocenters. The lowest BCUT2D eigenvalue weighted by Gasteiger charge is -2.08. The fraction of sp³-hybridized carbons (Fsp3) is 0.400. The number of aromatic nitrogens is 1. The van der Waals surface area contributed by atoms with Crippen LogP contribution in [-0.4, -0.2) is 18.1 Å². The van der Waals surface area contributed by atoms with E-state index in [1.165, 1.54) is 7.11 Å². The van der Waals surface area contributed by atoms with Crippen molar-refractivity contribution in [3.8, 4) is 0 Å². The van der Waals surface area contributed by atoms with Gasteiger partial charge in [0.05, 0.1) is 18.4 Å². The van der Waals surface area contributed by atoms with Crippen LogP contribution in [-0.2, 0) is 4.74 Å². The van der Waals surface area contributed by atoms with E-state index in [0.29, 0.717) is 5.56 Å². The minimum absolute atomic E-state index is 0.125. The first-order valence-electron chi connectivity index (χ1n) is 4.49. The van der Waals surface area contributed by atoms with Gasteiger partial charge in [-0.3, -0.25) is 4.98 Å². The molecule has 0 aliphatic carbocycles. The maximum Gasteiger partial charge on any atom is 0.337 e. The molecule has 14 heavy (non-hydrogen) atoms. The molecule has 1 atom stereocenters. The molecular weight excluding hydrogens is 180 g/mol. The summed E-state index contributed by atoms with van der Waals surface area (Å²) in [6, 6.07) is 3.15. The van der Waals surface area contributed by atoms with E-state index in [9.17, 15) is 4.79 Å². The molecule has 1 aromatic heterocycles. The molecule has 1 heterocycles. The molecule has 0 saturated heterocycles. The highest BCUT2D eigenvalue weighted by atomic mass is 16.5. The van der Waals surface area contributed by atoms with E-state index >= 15 is 0 Å². The number of nitrogens with two attached hydrogens (primary N) is 1. The smallest absolute Gasteiger partial charge is 0.337 e. The van der Waals surface area contributed by atoms with E-state index in [-0.39, 0.29) is 12.0 Å². The standard InChI is InChI=1S/C10H14N2O2/c1-3-8(11)9-6-7(4-5-12-9)10(13)14-2/h4-6,8H,3,11H2,1-2H3/t8-/m1/s1. The van der Waals surface area contributed by atoms with Crippen molar-refractivity contribution in [1.29, 1.82) is 0 Å². The van der Waals surface area contributed by atoms with Gasteiger partial charge >= 0.3 is 5.97 Å². The Balaban J connectivity index is 2.95. The van der Waals surface area contributed by atoms with E-state index in [1.54, 1.807) is 18.3 Å². The molecule has 0 aromatic carbocycles. The lowest BCUT2D eigenvalue weighted by Crippen LogP contribution is -2.12. The van der Waals surface area contributed by atoms with Crippen molar-refractivity contribution in [1.82, 2.24) is 4.98 Å². The first-order valence-corrected chi connectivity index (χ1v) is 4.49. The van der Waals surface area contributed by atoms with Crippen molar-refractivity contribution in [3.05, 3.63) is 29.6 Å². The fourth-order valence-corrected chi connectivity index (χ4v) is 1.11. The van der Waals surface area contributed by atoms with Gasteiger partial charge in [-0.05, 0) is 18.6 Å². The Labute approximate surface area is 83.1 Å². The summed E-state index contributed by atoms with van der Waals surface area (Å²) >= 11 is 0. The lowest BCUT2D eigenvalue weighted by atomic mass is 10.1. The van der Waals surface area contributed by atoms with E-state index in [0.717, 1.165) is 12.1 Å². The zero-order valence-corrected chi connectivity index (χ0v) is 8.36. The molecule has 76 valence electrons. The molecule has 1 rings (SSSR count). The molecule has 2 N–H and O–H groups in total. The average molecular weight is 194 g/mol. The van der Waals surface area contributed by atoms with Crippen LogP contribution in [0.4, 0.5) is 0 Å². The summed E-state index contributed by atoms with van der Waals surface area (Å²) in [5, 5.41) is 0. The molecule has 0 aliphatic heterocycles. The number of rotatable bonds is 3. The highest BCUT2D eigenvalue weighted by Crippen LogP contribution is 2.12. The van der Waals surface area contributed by atoms with Crippen molar-refractivity contribution in [2.75, 3.05) is 7.11 Å². The van der Waals surface area contributed by atoms with Crippen LogP contribution in [0.5, 0.6) is 0 Å². The van der Waals surface area contributed by atoms with Crippen LogP contribution in [0.15, 0.2) is 18.3 Å². The Morgan fingerprint density at radius 2 is 2.43 bits per heavy atom. The molecule has 0 aliphatic rings. The van der Waals surface area contributed by atoms with Gasteiger partial charge in [0.25, 0.3) is 0 Å². The summed E-state index contributed by atoms with van der Waals surface area (Å²) in [6.45, 7) is 1.97. The van der Waals surface area contributed by atoms with Gasteiger partial charge in [0.1, 0.15) is 0 Å². The fourth-order valence-electron chi connectivity index (χ4n) is 1.11. The second kappa shape index (κ2) is 4.72. The normalized spacial score (nSPS) is 12.2. The second-order valence-electron chi connectivity index (χ2n) is 2.98. The number of methoxy groups -OCH3 is 1. The van der Waals surface area contributed by atoms with Crippen molar-refractivity contribution in [3.63, 3.8) is 0 Å². The van der Waals surface area contributed by atoms with Gasteiger partial charge < -0.3 is 10.5 Å². The van der Waals surface area contributed by atoms with Crippen LogP contribution < -0.4 is 5.73 Å². The highest BCUT2D eigenvalue weighted by Gasteiger charge is 2.09. The highest BCUT2D eigenvalue weighted by molar-refractivity contribution is 5.89. The Kier molecular flexibility index (Phi) is 3.59. The van der Waals surface area contributed by atoms with Gasteiger partial charge in [0.2, 0.25) is 0 Å². The predicted octanol–water partition coefficient (Wildman–Crippen LogP) is 1.28. The molecule has 1 aromatic rings. The first-order chi connectivity index (χ1) is 6.69. The van der Waals surface area contributed by atoms with Crippen LogP contribution in [0.25, 0.3) is 0 Å². The average Bonchev–Trinajstić information content (AvgIpc) is 2.27. The lowest BCUT2D eigenvalue weighted by molar-refractivity contribution is 0.0600. The first kappa shape index (κ1) is 10.7. The van der Waals surface area contributed by atoms with Gasteiger partial charge in [-0.25, -0.2) is 4.79 Å². The van der Waals surface area contributed by atoms with Crippen molar-refractivity contribution < 1.29 is 9.53 Å². The molecule has 0 spiro atoms. The van der Waals surface area contributed by atoms with Crippen LogP contribution >= 0.6 is 0 Å². The summed E-state index contributed by atoms with van der Waals surface area (Å²) < 4.78 is 4.60. The zero-order valence-electron chi connectivity index (χ0n) is 8.36. The summed E-state index contributed by atoms with van der Waals surface area (Å²) in [5.74, 6) is -0.364. The molecule has 4 heteroatoms. The third-order valence-corrected chi connectivity index (χ3v) is 2.02. The van der Waals surface area contributed by atoms with Crippen LogP contribution in [0.1, 0.15) is 35.4 Å². The summed E-state index contributed by atoms with van der Waals surface area (Å²) in [4.78, 5) is 15.3. The number of ether oxygens (including phenoxy) is 1. The van der Waals surface area contributed by atoms with Crippen LogP contribution in [0.3, 0.4) is 0 Å². The number of carbonyl (C=O) groups excluding carboxylic acids is 1. The third kappa shape index (κ3) is 2.29. The Morgan fingerprint density at radius 1 is 1.71 bits per heavy atom. The van der Waals surface area contributed by atoms with Gasteiger partial charge in [0, 0.05) is 12.2 Å². The van der Waals surface area contributed by atoms with Crippen molar-refractivity contribution >= 4 is 5.97 Å². The summed E-state index contributed by atoms with van der Waals surface area (Å²) in [7, 11) is 1.35. The number of hydrogen-bond acceptors (Lipinski definition) is 4. The zero-order chi connectivity index (χ0) is 10.6. The van der Waals surface area contributed by atoms with E-state index in [2.05, 4.69) is 9.72 Å². The number of esters is 1. The van der Waals surface area contributed by atoms with Gasteiger partial charge in [0.15, 0.2) is 0 Å². The number of hydrogen-bond donors (Lipinski definition) is 1. The van der Waals surface area contributed by atoms with Crippen LogP contribution in [0.2, 0.25) is 0 Å². The predicted molar refractivity (Wildman–Crippen MR) is 52.8 cm³/mol. The summed E-state index contributed by atoms with van der Waals surface area (Å²) in [6.07, 6.45) is 2.36. The largest absolute Gasteiger partial charge is 0.465 e. The quantitative estimate of drug-likeness (QED) is 0.736. The summed E-state index contributed by atoms with van der Waals surface area (Å²) in [5.41, 5.74) is 7.00. The van der Waals surface area contributed by atoms with Gasteiger partial charge in [-0.1, -0.05) is 6.92 Å². The molecule has 4 nitrogen and oxygen atoms in total. The maximum absolute atomic E-state index is 11.2. The number of nitrogens with zero attached hydrogens (tertiary/aromatic N) is 1. The topological polar surface area (TPSA) is 65.2 Å². The van der Waals surface area contributed by atoms with Crippen molar-refractivity contribution in [2.24, 2.45) is 5.73 Å². The van der Waals surface area contributed by atoms with Gasteiger partial charge in [-0.15, -0.1) is 0 Å². The Hall–Kier alpha value is -1.42. The molecule has 0 amide bonds. The third-order valence-electron chi connectivity index (χ3n) is 2.02. The SMILES string of the molecule is CC[C@@H](N)c1cc(C(=O)OC)ccn1. The monoisotopic (exact) mass is 194 g/mol. The van der Waals surface area contributed by atoms with E-state index in [1.807, 2.05) is 6.92 Å².